The van der Waals surface area contributed by atoms with E-state index in [1.54, 1.807) is 0 Å². The van der Waals surface area contributed by atoms with Gasteiger partial charge in [0.05, 0.1) is 22.2 Å². The molecule has 0 saturated carbocycles. The minimum atomic E-state index is 1.04. The fourth-order valence-corrected chi connectivity index (χ4v) is 6.83. The molecule has 0 atom stereocenters. The van der Waals surface area contributed by atoms with E-state index in [9.17, 15) is 0 Å². The molecule has 0 unspecified atom stereocenters. The van der Waals surface area contributed by atoms with E-state index in [1.165, 1.54) is 47.4 Å². The molecular weight excluding hydrogens is 456 g/mol. The Morgan fingerprint density at radius 3 is 1.83 bits per heavy atom. The number of para-hydroxylation sites is 3. The molecule has 3 aromatic heterocycles. The molecule has 0 spiro atoms. The number of rotatable bonds is 2. The number of fused-ring (bicyclic) bond motifs is 8. The average molecular weight is 477 g/mol. The Bertz CT molecular complexity index is 2040. The summed E-state index contributed by atoms with van der Waals surface area (Å²) in [4.78, 5) is 5.19. The van der Waals surface area contributed by atoms with Crippen molar-refractivity contribution in [2.45, 2.75) is 0 Å². The molecule has 2 nitrogen and oxygen atoms in total. The molecule has 5 aromatic carbocycles. The summed E-state index contributed by atoms with van der Waals surface area (Å²) in [6, 6.07) is 43.4. The number of nitrogens with zero attached hydrogens (tertiary/aromatic N) is 2. The molecule has 168 valence electrons. The van der Waals surface area contributed by atoms with Crippen molar-refractivity contribution in [1.29, 1.82) is 0 Å². The van der Waals surface area contributed by atoms with Gasteiger partial charge in [0, 0.05) is 47.6 Å². The Hall–Kier alpha value is -4.47. The molecule has 0 amide bonds. The highest BCUT2D eigenvalue weighted by molar-refractivity contribution is 7.26. The van der Waals surface area contributed by atoms with Crippen LogP contribution in [-0.4, -0.2) is 9.55 Å². The summed E-state index contributed by atoms with van der Waals surface area (Å²) in [6.07, 6.45) is 0. The minimum Gasteiger partial charge on any atom is -0.309 e. The Morgan fingerprint density at radius 1 is 0.528 bits per heavy atom. The van der Waals surface area contributed by atoms with Gasteiger partial charge in [-0.2, -0.15) is 0 Å². The Balaban J connectivity index is 1.38. The van der Waals surface area contributed by atoms with Crippen molar-refractivity contribution in [2.75, 3.05) is 0 Å². The van der Waals surface area contributed by atoms with Gasteiger partial charge in [0.25, 0.3) is 0 Å². The number of aromatic nitrogens is 2. The molecule has 3 heterocycles. The summed E-state index contributed by atoms with van der Waals surface area (Å²) in [7, 11) is 0. The smallest absolute Gasteiger partial charge is 0.0802 e. The second kappa shape index (κ2) is 7.51. The fraction of sp³-hybridized carbons (Fsp3) is 0. The van der Waals surface area contributed by atoms with E-state index in [-0.39, 0.29) is 0 Å². The van der Waals surface area contributed by atoms with Crippen LogP contribution >= 0.6 is 11.3 Å². The van der Waals surface area contributed by atoms with Crippen LogP contribution < -0.4 is 0 Å². The van der Waals surface area contributed by atoms with Gasteiger partial charge in [0.1, 0.15) is 0 Å². The number of thiophene rings is 1. The third-order valence-electron chi connectivity index (χ3n) is 7.19. The van der Waals surface area contributed by atoms with Crippen molar-refractivity contribution < 1.29 is 0 Å². The lowest BCUT2D eigenvalue weighted by molar-refractivity contribution is 1.18. The van der Waals surface area contributed by atoms with Crippen LogP contribution in [0.2, 0.25) is 0 Å². The summed E-state index contributed by atoms with van der Waals surface area (Å²) in [5, 5.41) is 6.30. The van der Waals surface area contributed by atoms with Crippen molar-refractivity contribution in [1.82, 2.24) is 9.55 Å². The monoisotopic (exact) mass is 476 g/mol. The lowest BCUT2D eigenvalue weighted by Gasteiger charge is -2.11. The van der Waals surface area contributed by atoms with E-state index in [4.69, 9.17) is 4.98 Å². The van der Waals surface area contributed by atoms with Crippen molar-refractivity contribution >= 4 is 64.2 Å². The molecule has 0 fully saturated rings. The Labute approximate surface area is 211 Å². The summed E-state index contributed by atoms with van der Waals surface area (Å²) >= 11 is 1.86. The zero-order valence-corrected chi connectivity index (χ0v) is 20.2. The van der Waals surface area contributed by atoms with Gasteiger partial charge in [-0.3, -0.25) is 0 Å². The van der Waals surface area contributed by atoms with E-state index < -0.39 is 0 Å². The minimum absolute atomic E-state index is 1.04. The SMILES string of the molecule is c1ccc2c(c1)nc(-c1ccc(-n3c4ccccc4c4ccccc43)cc1)c1c3ccccc3sc21. The first-order valence-electron chi connectivity index (χ1n) is 12.2. The molecule has 36 heavy (non-hydrogen) atoms. The van der Waals surface area contributed by atoms with Crippen LogP contribution in [0.5, 0.6) is 0 Å². The third kappa shape index (κ3) is 2.75. The number of benzene rings is 5. The maximum Gasteiger partial charge on any atom is 0.0802 e. The summed E-state index contributed by atoms with van der Waals surface area (Å²) in [5.41, 5.74) is 6.83. The molecule has 0 radical (unpaired) electrons. The van der Waals surface area contributed by atoms with Crippen molar-refractivity contribution in [2.24, 2.45) is 0 Å². The second-order valence-corrected chi connectivity index (χ2v) is 10.2. The molecule has 3 heteroatoms. The molecule has 0 aliphatic heterocycles. The molecule has 0 aliphatic carbocycles. The van der Waals surface area contributed by atoms with Gasteiger partial charge in [-0.1, -0.05) is 84.9 Å². The zero-order valence-electron chi connectivity index (χ0n) is 19.3. The second-order valence-electron chi connectivity index (χ2n) is 9.20. The van der Waals surface area contributed by atoms with E-state index in [2.05, 4.69) is 126 Å². The van der Waals surface area contributed by atoms with Gasteiger partial charge in [0.15, 0.2) is 0 Å². The first-order valence-corrected chi connectivity index (χ1v) is 13.0. The Kier molecular flexibility index (Phi) is 4.13. The maximum absolute atomic E-state index is 5.19. The topological polar surface area (TPSA) is 17.8 Å². The zero-order chi connectivity index (χ0) is 23.6. The van der Waals surface area contributed by atoms with Crippen LogP contribution in [0, 0.1) is 0 Å². The molecule has 0 aliphatic rings. The predicted molar refractivity (Wildman–Crippen MR) is 154 cm³/mol. The molecular formula is C33H20N2S. The number of hydrogen-bond donors (Lipinski definition) is 0. The van der Waals surface area contributed by atoms with Gasteiger partial charge in [-0.05, 0) is 36.4 Å². The third-order valence-corrected chi connectivity index (χ3v) is 8.40. The standard InChI is InChI=1S/C33H20N2S/c1-5-13-27-25(11-1)33-31(26-12-4-8-16-30(26)36-33)32(34-27)21-17-19-22(20-18-21)35-28-14-6-2-9-23(28)24-10-3-7-15-29(24)35/h1-20H. The highest BCUT2D eigenvalue weighted by atomic mass is 32.1. The summed E-state index contributed by atoms with van der Waals surface area (Å²) in [5.74, 6) is 0. The van der Waals surface area contributed by atoms with Gasteiger partial charge >= 0.3 is 0 Å². The van der Waals surface area contributed by atoms with Crippen molar-refractivity contribution in [3.05, 3.63) is 121 Å². The molecule has 8 rings (SSSR count). The maximum atomic E-state index is 5.19. The molecule has 0 bridgehead atoms. The summed E-state index contributed by atoms with van der Waals surface area (Å²) < 4.78 is 4.97. The normalized spacial score (nSPS) is 11.9. The van der Waals surface area contributed by atoms with Crippen LogP contribution in [0.25, 0.3) is 69.8 Å². The molecule has 0 N–H and O–H groups in total. The highest BCUT2D eigenvalue weighted by Crippen LogP contribution is 2.42. The van der Waals surface area contributed by atoms with E-state index >= 15 is 0 Å². The van der Waals surface area contributed by atoms with Gasteiger partial charge in [-0.25, -0.2) is 4.98 Å². The number of pyridine rings is 1. The van der Waals surface area contributed by atoms with Crippen LogP contribution in [0.15, 0.2) is 121 Å². The van der Waals surface area contributed by atoms with Gasteiger partial charge < -0.3 is 4.57 Å². The molecule has 8 aromatic rings. The quantitative estimate of drug-likeness (QED) is 0.243. The van der Waals surface area contributed by atoms with Gasteiger partial charge in [0.2, 0.25) is 0 Å². The summed E-state index contributed by atoms with van der Waals surface area (Å²) in [6.45, 7) is 0. The van der Waals surface area contributed by atoms with Crippen LogP contribution in [0.4, 0.5) is 0 Å². The van der Waals surface area contributed by atoms with Crippen molar-refractivity contribution in [3.63, 3.8) is 0 Å². The lowest BCUT2D eigenvalue weighted by atomic mass is 10.0. The number of hydrogen-bond acceptors (Lipinski definition) is 2. The van der Waals surface area contributed by atoms with Crippen LogP contribution in [0.3, 0.4) is 0 Å². The first-order chi connectivity index (χ1) is 17.9. The van der Waals surface area contributed by atoms with E-state index in [0.717, 1.165) is 22.5 Å². The van der Waals surface area contributed by atoms with Gasteiger partial charge in [-0.15, -0.1) is 11.3 Å². The van der Waals surface area contributed by atoms with Crippen LogP contribution in [-0.2, 0) is 0 Å². The van der Waals surface area contributed by atoms with E-state index in [1.807, 2.05) is 11.3 Å². The van der Waals surface area contributed by atoms with Crippen LogP contribution in [0.1, 0.15) is 0 Å². The predicted octanol–water partition coefficient (Wildman–Crippen LogP) is 9.37. The first kappa shape index (κ1) is 19.8. The van der Waals surface area contributed by atoms with E-state index in [0.29, 0.717) is 0 Å². The van der Waals surface area contributed by atoms with Crippen molar-refractivity contribution in [3.8, 4) is 16.9 Å². The molecule has 0 saturated heterocycles. The fourth-order valence-electron chi connectivity index (χ4n) is 5.59. The Morgan fingerprint density at radius 2 is 1.11 bits per heavy atom. The largest absolute Gasteiger partial charge is 0.309 e. The lowest BCUT2D eigenvalue weighted by Crippen LogP contribution is -1.94. The highest BCUT2D eigenvalue weighted by Gasteiger charge is 2.17. The average Bonchev–Trinajstić information content (AvgIpc) is 3.50.